The van der Waals surface area contributed by atoms with Crippen LogP contribution in [0.15, 0.2) is 4.99 Å². The lowest BCUT2D eigenvalue weighted by Gasteiger charge is -2.30. The van der Waals surface area contributed by atoms with Crippen molar-refractivity contribution in [3.8, 4) is 0 Å². The summed E-state index contributed by atoms with van der Waals surface area (Å²) < 4.78 is 5.88. The number of fused-ring (bicyclic) bond motifs is 2. The number of likely N-dealkylation sites (tertiary alicyclic amines) is 1. The predicted molar refractivity (Wildman–Crippen MR) is 76.5 cm³/mol. The molecular formula is C14H26N4O. The molecule has 19 heavy (non-hydrogen) atoms. The van der Waals surface area contributed by atoms with Gasteiger partial charge >= 0.3 is 0 Å². The average molecular weight is 266 g/mol. The Morgan fingerprint density at radius 3 is 2.84 bits per heavy atom. The second-order valence-corrected chi connectivity index (χ2v) is 5.82. The summed E-state index contributed by atoms with van der Waals surface area (Å²) in [7, 11) is 0. The van der Waals surface area contributed by atoms with Gasteiger partial charge in [0.25, 0.3) is 0 Å². The third-order valence-electron chi connectivity index (χ3n) is 4.41. The fourth-order valence-electron chi connectivity index (χ4n) is 3.19. The van der Waals surface area contributed by atoms with Crippen LogP contribution in [0, 0.1) is 0 Å². The number of rotatable bonds is 5. The Bertz CT molecular complexity index is 329. The Morgan fingerprint density at radius 2 is 2.26 bits per heavy atom. The Balaban J connectivity index is 1.47. The highest BCUT2D eigenvalue weighted by molar-refractivity contribution is 5.80. The van der Waals surface area contributed by atoms with Crippen LogP contribution in [0.3, 0.4) is 0 Å². The van der Waals surface area contributed by atoms with Gasteiger partial charge in [0.2, 0.25) is 0 Å². The number of nitrogens with zero attached hydrogens (tertiary/aromatic N) is 2. The first-order chi connectivity index (χ1) is 9.35. The smallest absolute Gasteiger partial charge is 0.191 e. The zero-order valence-corrected chi connectivity index (χ0v) is 11.9. The molecule has 3 unspecified atom stereocenters. The number of hydrogen-bond acceptors (Lipinski definition) is 3. The molecule has 2 N–H and O–H groups in total. The largest absolute Gasteiger partial charge is 0.373 e. The van der Waals surface area contributed by atoms with E-state index in [4.69, 9.17) is 4.74 Å². The third-order valence-corrected chi connectivity index (χ3v) is 4.41. The van der Waals surface area contributed by atoms with Crippen molar-refractivity contribution in [2.24, 2.45) is 4.99 Å². The third kappa shape index (κ3) is 3.20. The standard InChI is InChI=1S/C14H26N4O/c1-2-15-14(16-6-9-18-7-3-8-18)17-12-10-11-4-5-13(12)19-11/h11-13H,2-10H2,1H3,(H2,15,16,17). The molecule has 0 aromatic heterocycles. The van der Waals surface area contributed by atoms with E-state index < -0.39 is 0 Å². The SMILES string of the molecule is CCNC(=NCCN1CCC1)NC1CC2CCC1O2. The van der Waals surface area contributed by atoms with E-state index in [2.05, 4.69) is 27.4 Å². The maximum absolute atomic E-state index is 5.88. The Labute approximate surface area is 115 Å². The van der Waals surface area contributed by atoms with E-state index in [1.165, 1.54) is 32.4 Å². The van der Waals surface area contributed by atoms with Crippen molar-refractivity contribution < 1.29 is 4.74 Å². The van der Waals surface area contributed by atoms with E-state index in [0.717, 1.165) is 32.0 Å². The molecule has 0 aromatic rings. The van der Waals surface area contributed by atoms with Gasteiger partial charge in [-0.05, 0) is 45.7 Å². The lowest BCUT2D eigenvalue weighted by Crippen LogP contribution is -2.47. The van der Waals surface area contributed by atoms with Gasteiger partial charge in [0.15, 0.2) is 5.96 Å². The summed E-state index contributed by atoms with van der Waals surface area (Å²) in [5, 5.41) is 6.90. The van der Waals surface area contributed by atoms with Crippen molar-refractivity contribution in [3.05, 3.63) is 0 Å². The molecule has 0 spiro atoms. The van der Waals surface area contributed by atoms with Crippen LogP contribution in [-0.4, -0.2) is 61.8 Å². The average Bonchev–Trinajstić information content (AvgIpc) is 2.94. The Kier molecular flexibility index (Phi) is 4.23. The zero-order chi connectivity index (χ0) is 13.1. The topological polar surface area (TPSA) is 48.9 Å². The molecule has 3 heterocycles. The van der Waals surface area contributed by atoms with Crippen LogP contribution in [-0.2, 0) is 4.74 Å². The Hall–Kier alpha value is -0.810. The molecule has 0 aliphatic carbocycles. The molecular weight excluding hydrogens is 240 g/mol. The summed E-state index contributed by atoms with van der Waals surface area (Å²) in [6.07, 6.45) is 5.84. The molecule has 108 valence electrons. The van der Waals surface area contributed by atoms with Gasteiger partial charge in [0.1, 0.15) is 0 Å². The van der Waals surface area contributed by atoms with Crippen LogP contribution in [0.5, 0.6) is 0 Å². The molecule has 5 heteroatoms. The summed E-state index contributed by atoms with van der Waals surface area (Å²) in [6.45, 7) is 7.50. The van der Waals surface area contributed by atoms with Crippen LogP contribution >= 0.6 is 0 Å². The molecule has 0 amide bonds. The lowest BCUT2D eigenvalue weighted by atomic mass is 9.96. The van der Waals surface area contributed by atoms with E-state index in [9.17, 15) is 0 Å². The van der Waals surface area contributed by atoms with E-state index in [1.807, 2.05) is 0 Å². The molecule has 3 aliphatic heterocycles. The quantitative estimate of drug-likeness (QED) is 0.564. The highest BCUT2D eigenvalue weighted by Crippen LogP contribution is 2.34. The van der Waals surface area contributed by atoms with Crippen molar-refractivity contribution >= 4 is 5.96 Å². The van der Waals surface area contributed by atoms with Crippen molar-refractivity contribution in [1.29, 1.82) is 0 Å². The monoisotopic (exact) mass is 266 g/mol. The van der Waals surface area contributed by atoms with Crippen molar-refractivity contribution in [2.45, 2.75) is 50.9 Å². The van der Waals surface area contributed by atoms with Gasteiger partial charge in [-0.25, -0.2) is 0 Å². The first-order valence-corrected chi connectivity index (χ1v) is 7.78. The fraction of sp³-hybridized carbons (Fsp3) is 0.929. The van der Waals surface area contributed by atoms with Crippen LogP contribution in [0.1, 0.15) is 32.6 Å². The van der Waals surface area contributed by atoms with Crippen molar-refractivity contribution in [2.75, 3.05) is 32.7 Å². The summed E-state index contributed by atoms with van der Waals surface area (Å²) in [5.74, 6) is 0.962. The maximum Gasteiger partial charge on any atom is 0.191 e. The highest BCUT2D eigenvalue weighted by Gasteiger charge is 2.41. The summed E-state index contributed by atoms with van der Waals surface area (Å²) in [5.41, 5.74) is 0. The Morgan fingerprint density at radius 1 is 1.37 bits per heavy atom. The summed E-state index contributed by atoms with van der Waals surface area (Å²) in [6, 6.07) is 0.459. The second kappa shape index (κ2) is 6.09. The maximum atomic E-state index is 5.88. The molecule has 0 radical (unpaired) electrons. The van der Waals surface area contributed by atoms with Gasteiger partial charge in [0.05, 0.1) is 24.8 Å². The number of ether oxygens (including phenoxy) is 1. The van der Waals surface area contributed by atoms with Crippen LogP contribution in [0.25, 0.3) is 0 Å². The van der Waals surface area contributed by atoms with E-state index in [1.54, 1.807) is 0 Å². The number of hydrogen-bond donors (Lipinski definition) is 2. The molecule has 0 saturated carbocycles. The lowest BCUT2D eigenvalue weighted by molar-refractivity contribution is 0.0992. The predicted octanol–water partition coefficient (Wildman–Crippen LogP) is 0.567. The molecule has 5 nitrogen and oxygen atoms in total. The highest BCUT2D eigenvalue weighted by atomic mass is 16.5. The number of nitrogens with one attached hydrogen (secondary N) is 2. The van der Waals surface area contributed by atoms with E-state index >= 15 is 0 Å². The van der Waals surface area contributed by atoms with Gasteiger partial charge in [-0.1, -0.05) is 0 Å². The zero-order valence-electron chi connectivity index (χ0n) is 11.9. The van der Waals surface area contributed by atoms with Gasteiger partial charge in [0, 0.05) is 13.1 Å². The fourth-order valence-corrected chi connectivity index (χ4v) is 3.19. The van der Waals surface area contributed by atoms with Crippen LogP contribution in [0.4, 0.5) is 0 Å². The van der Waals surface area contributed by atoms with Crippen LogP contribution < -0.4 is 10.6 Å². The molecule has 3 aliphatic rings. The first-order valence-electron chi connectivity index (χ1n) is 7.78. The number of aliphatic imine (C=N–C) groups is 1. The normalized spacial score (nSPS) is 34.4. The summed E-state index contributed by atoms with van der Waals surface area (Å²) >= 11 is 0. The summed E-state index contributed by atoms with van der Waals surface area (Å²) in [4.78, 5) is 7.13. The minimum Gasteiger partial charge on any atom is -0.373 e. The minimum absolute atomic E-state index is 0.407. The molecule has 3 rings (SSSR count). The van der Waals surface area contributed by atoms with Gasteiger partial charge in [-0.15, -0.1) is 0 Å². The van der Waals surface area contributed by atoms with E-state index in [-0.39, 0.29) is 0 Å². The minimum atomic E-state index is 0.407. The molecule has 3 atom stereocenters. The molecule has 2 bridgehead atoms. The molecule has 3 saturated heterocycles. The second-order valence-electron chi connectivity index (χ2n) is 5.82. The van der Waals surface area contributed by atoms with Gasteiger partial charge < -0.3 is 20.3 Å². The van der Waals surface area contributed by atoms with E-state index in [0.29, 0.717) is 18.2 Å². The van der Waals surface area contributed by atoms with Crippen molar-refractivity contribution in [1.82, 2.24) is 15.5 Å². The van der Waals surface area contributed by atoms with Crippen molar-refractivity contribution in [3.63, 3.8) is 0 Å². The molecule has 3 fully saturated rings. The first kappa shape index (κ1) is 13.2. The number of guanidine groups is 1. The van der Waals surface area contributed by atoms with Gasteiger partial charge in [-0.2, -0.15) is 0 Å². The molecule has 0 aromatic carbocycles. The van der Waals surface area contributed by atoms with Gasteiger partial charge in [-0.3, -0.25) is 4.99 Å². The van der Waals surface area contributed by atoms with Crippen LogP contribution in [0.2, 0.25) is 0 Å².